The molecule has 5 atom stereocenters. The number of carbonyl (C=O) groups excluding carboxylic acids is 1. The van der Waals surface area contributed by atoms with Crippen molar-refractivity contribution in [2.45, 2.75) is 69.9 Å². The van der Waals surface area contributed by atoms with Gasteiger partial charge in [-0.05, 0) is 103 Å². The Kier molecular flexibility index (Phi) is 5.84. The van der Waals surface area contributed by atoms with E-state index < -0.39 is 0 Å². The summed E-state index contributed by atoms with van der Waals surface area (Å²) < 4.78 is 14.9. The molecule has 2 aliphatic carbocycles. The molecular formula is C30H34FN3O. The average molecular weight is 472 g/mol. The summed E-state index contributed by atoms with van der Waals surface area (Å²) in [4.78, 5) is 20.3. The number of nitrogens with zero attached hydrogens (tertiary/aromatic N) is 2. The van der Waals surface area contributed by atoms with Crippen molar-refractivity contribution in [3.8, 4) is 0 Å². The highest BCUT2D eigenvalue weighted by Gasteiger charge is 2.38. The molecule has 3 aliphatic rings. The zero-order chi connectivity index (χ0) is 24.1. The van der Waals surface area contributed by atoms with Crippen LogP contribution in [0.15, 0.2) is 48.8 Å². The van der Waals surface area contributed by atoms with Gasteiger partial charge in [-0.15, -0.1) is 0 Å². The number of pyridine rings is 1. The Hall–Kier alpha value is -2.79. The highest BCUT2D eigenvalue weighted by atomic mass is 19.1. The molecular weight excluding hydrogens is 437 g/mol. The van der Waals surface area contributed by atoms with Crippen molar-refractivity contribution in [1.29, 1.82) is 0 Å². The average Bonchev–Trinajstić information content (AvgIpc) is 3.48. The third-order valence-electron chi connectivity index (χ3n) is 8.70. The van der Waals surface area contributed by atoms with E-state index in [9.17, 15) is 9.18 Å². The summed E-state index contributed by atoms with van der Waals surface area (Å²) in [5.74, 6) is 1.42. The molecule has 6 rings (SSSR count). The molecule has 1 aliphatic heterocycles. The van der Waals surface area contributed by atoms with Gasteiger partial charge in [-0.25, -0.2) is 4.39 Å². The second kappa shape index (κ2) is 9.02. The Morgan fingerprint density at radius 2 is 1.97 bits per heavy atom. The lowest BCUT2D eigenvalue weighted by Crippen LogP contribution is -2.31. The lowest BCUT2D eigenvalue weighted by atomic mass is 9.75. The number of aromatic nitrogens is 1. The molecule has 2 heterocycles. The van der Waals surface area contributed by atoms with Crippen molar-refractivity contribution >= 4 is 22.2 Å². The summed E-state index contributed by atoms with van der Waals surface area (Å²) in [5.41, 5.74) is 10.1. The van der Waals surface area contributed by atoms with Gasteiger partial charge >= 0.3 is 0 Å². The van der Waals surface area contributed by atoms with E-state index in [0.29, 0.717) is 34.2 Å². The Morgan fingerprint density at radius 1 is 1.09 bits per heavy atom. The normalized spacial score (nSPS) is 28.1. The summed E-state index contributed by atoms with van der Waals surface area (Å²) >= 11 is 0. The topological polar surface area (TPSA) is 59.2 Å². The number of fused-ring (bicyclic) bond motifs is 3. The maximum atomic E-state index is 14.9. The number of Topliss-reactive ketones (excluding diaryl/α,β-unsaturated/α-hetero) is 1. The molecule has 0 radical (unpaired) electrons. The predicted octanol–water partition coefficient (Wildman–Crippen LogP) is 6.02. The molecule has 1 saturated heterocycles. The Bertz CT molecular complexity index is 1260. The maximum absolute atomic E-state index is 14.9. The number of rotatable bonds is 5. The number of ketones is 1. The van der Waals surface area contributed by atoms with E-state index in [-0.39, 0.29) is 24.1 Å². The fourth-order valence-electron chi connectivity index (χ4n) is 7.13. The molecule has 2 saturated carbocycles. The van der Waals surface area contributed by atoms with Crippen molar-refractivity contribution in [3.63, 3.8) is 0 Å². The number of carbonyl (C=O) groups is 1. The van der Waals surface area contributed by atoms with Crippen LogP contribution in [0.25, 0.3) is 10.8 Å². The summed E-state index contributed by atoms with van der Waals surface area (Å²) in [6.07, 6.45) is 10.8. The molecule has 5 heteroatoms. The number of hydrogen-bond acceptors (Lipinski definition) is 4. The fraction of sp³-hybridized carbons (Fsp3) is 0.467. The first-order valence-corrected chi connectivity index (χ1v) is 13.2. The quantitative estimate of drug-likeness (QED) is 0.462. The van der Waals surface area contributed by atoms with Crippen molar-refractivity contribution in [2.75, 3.05) is 11.4 Å². The van der Waals surface area contributed by atoms with Gasteiger partial charge in [-0.2, -0.15) is 0 Å². The zero-order valence-corrected chi connectivity index (χ0v) is 20.4. The van der Waals surface area contributed by atoms with Crippen molar-refractivity contribution in [2.24, 2.45) is 17.6 Å². The SMILES string of the molecule is C[C@@H]1C[C@H](N)C[C@H](c2ccncc2CC(=O)c2ccc(F)c3cc(N4CC5CCC4C5)ccc23)C1. The van der Waals surface area contributed by atoms with Crippen LogP contribution in [0.4, 0.5) is 10.1 Å². The van der Waals surface area contributed by atoms with E-state index in [1.165, 1.54) is 30.9 Å². The van der Waals surface area contributed by atoms with Crippen molar-refractivity contribution in [1.82, 2.24) is 4.98 Å². The fourth-order valence-corrected chi connectivity index (χ4v) is 7.13. The Labute approximate surface area is 206 Å². The van der Waals surface area contributed by atoms with Gasteiger partial charge in [0.15, 0.2) is 5.78 Å². The highest BCUT2D eigenvalue weighted by Crippen LogP contribution is 2.41. The van der Waals surface area contributed by atoms with Gasteiger partial charge in [0.25, 0.3) is 0 Å². The first-order valence-electron chi connectivity index (χ1n) is 13.2. The first kappa shape index (κ1) is 22.7. The summed E-state index contributed by atoms with van der Waals surface area (Å²) in [7, 11) is 0. The standard InChI is InChI=1S/C30H34FN3O/c1-18-10-20(13-22(32)11-18)25-8-9-33-16-21(25)14-30(35)27-6-7-29(31)28-15-24(4-5-26(27)28)34-17-19-2-3-23(34)12-19/h4-9,15-16,18-20,22-23H,2-3,10-14,17,32H2,1H3/t18-,19?,20+,22-,23?/m0/s1. The maximum Gasteiger partial charge on any atom is 0.167 e. The Balaban J connectivity index is 1.30. The number of halogens is 1. The highest BCUT2D eigenvalue weighted by molar-refractivity contribution is 6.09. The second-order valence-corrected chi connectivity index (χ2v) is 11.3. The molecule has 4 nitrogen and oxygen atoms in total. The van der Waals surface area contributed by atoms with Gasteiger partial charge in [-0.1, -0.05) is 13.0 Å². The van der Waals surface area contributed by atoms with Crippen LogP contribution in [0.1, 0.15) is 72.9 Å². The van der Waals surface area contributed by atoms with Gasteiger partial charge in [0.1, 0.15) is 5.82 Å². The minimum atomic E-state index is -0.269. The van der Waals surface area contributed by atoms with Crippen LogP contribution in [-0.2, 0) is 6.42 Å². The number of nitrogens with two attached hydrogens (primary N) is 1. The number of piperidine rings is 1. The largest absolute Gasteiger partial charge is 0.368 e. The van der Waals surface area contributed by atoms with Crippen LogP contribution >= 0.6 is 0 Å². The minimum absolute atomic E-state index is 0.00499. The molecule has 3 aromatic rings. The zero-order valence-electron chi connectivity index (χ0n) is 20.4. The smallest absolute Gasteiger partial charge is 0.167 e. The summed E-state index contributed by atoms with van der Waals surface area (Å²) in [6, 6.07) is 11.9. The predicted molar refractivity (Wildman–Crippen MR) is 138 cm³/mol. The van der Waals surface area contributed by atoms with E-state index in [1.54, 1.807) is 6.07 Å². The lowest BCUT2D eigenvalue weighted by Gasteiger charge is -2.32. The third-order valence-corrected chi connectivity index (χ3v) is 8.70. The number of anilines is 1. The lowest BCUT2D eigenvalue weighted by molar-refractivity contribution is 0.0994. The summed E-state index contributed by atoms with van der Waals surface area (Å²) in [5, 5.41) is 1.23. The van der Waals surface area contributed by atoms with Crippen LogP contribution in [0.2, 0.25) is 0 Å². The van der Waals surface area contributed by atoms with Crippen LogP contribution in [0, 0.1) is 17.7 Å². The number of hydrogen-bond donors (Lipinski definition) is 1. The van der Waals surface area contributed by atoms with Gasteiger partial charge in [0, 0.05) is 54.1 Å². The number of benzene rings is 2. The summed E-state index contributed by atoms with van der Waals surface area (Å²) in [6.45, 7) is 3.31. The van der Waals surface area contributed by atoms with Gasteiger partial charge in [0.2, 0.25) is 0 Å². The van der Waals surface area contributed by atoms with E-state index in [2.05, 4.69) is 28.9 Å². The van der Waals surface area contributed by atoms with Crippen molar-refractivity contribution < 1.29 is 9.18 Å². The minimum Gasteiger partial charge on any atom is -0.368 e. The van der Waals surface area contributed by atoms with Crippen LogP contribution < -0.4 is 10.6 Å². The molecule has 2 unspecified atom stereocenters. The molecule has 182 valence electrons. The molecule has 0 amide bonds. The molecule has 3 fully saturated rings. The van der Waals surface area contributed by atoms with E-state index in [4.69, 9.17) is 5.73 Å². The van der Waals surface area contributed by atoms with E-state index >= 15 is 0 Å². The molecule has 2 aromatic carbocycles. The van der Waals surface area contributed by atoms with Crippen LogP contribution in [0.5, 0.6) is 0 Å². The van der Waals surface area contributed by atoms with E-state index in [1.807, 2.05) is 24.5 Å². The Morgan fingerprint density at radius 3 is 2.74 bits per heavy atom. The van der Waals surface area contributed by atoms with Gasteiger partial charge in [-0.3, -0.25) is 9.78 Å². The van der Waals surface area contributed by atoms with Gasteiger partial charge < -0.3 is 10.6 Å². The van der Waals surface area contributed by atoms with Crippen molar-refractivity contribution in [3.05, 3.63) is 71.3 Å². The van der Waals surface area contributed by atoms with E-state index in [0.717, 1.165) is 43.0 Å². The monoisotopic (exact) mass is 471 g/mol. The molecule has 2 bridgehead atoms. The molecule has 1 aromatic heterocycles. The molecule has 0 spiro atoms. The van der Waals surface area contributed by atoms with Crippen LogP contribution in [-0.4, -0.2) is 29.4 Å². The molecule has 35 heavy (non-hydrogen) atoms. The first-order chi connectivity index (χ1) is 17.0. The third kappa shape index (κ3) is 4.24. The van der Waals surface area contributed by atoms with Gasteiger partial charge in [0.05, 0.1) is 0 Å². The van der Waals surface area contributed by atoms with Crippen LogP contribution in [0.3, 0.4) is 0 Å². The molecule has 2 N–H and O–H groups in total. The second-order valence-electron chi connectivity index (χ2n) is 11.3.